The smallest absolute Gasteiger partial charge is 0.330 e. The molecule has 0 unspecified atom stereocenters. The van der Waals surface area contributed by atoms with E-state index in [1.54, 1.807) is 20.2 Å². The van der Waals surface area contributed by atoms with Crippen LogP contribution < -0.4 is 37.0 Å². The van der Waals surface area contributed by atoms with Crippen molar-refractivity contribution in [3.63, 3.8) is 0 Å². The van der Waals surface area contributed by atoms with Gasteiger partial charge in [-0.25, -0.2) is 4.79 Å². The largest absolute Gasteiger partial charge is 0.497 e. The number of thiocarbonyl (C=S) groups is 1. The molecule has 242 valence electrons. The molecule has 3 aromatic carbocycles. The zero-order valence-corrected chi connectivity index (χ0v) is 28.7. The Labute approximate surface area is 276 Å². The van der Waals surface area contributed by atoms with Crippen molar-refractivity contribution in [2.45, 2.75) is 51.5 Å². The van der Waals surface area contributed by atoms with Gasteiger partial charge in [0.15, 0.2) is 5.11 Å². The van der Waals surface area contributed by atoms with Crippen LogP contribution in [0.3, 0.4) is 0 Å². The summed E-state index contributed by atoms with van der Waals surface area (Å²) in [4.78, 5) is 27.4. The van der Waals surface area contributed by atoms with Crippen LogP contribution in [-0.4, -0.2) is 49.3 Å². The third kappa shape index (κ3) is 7.18. The number of methoxy groups -OCH3 is 1. The number of aromatic amines is 1. The minimum Gasteiger partial charge on any atom is -0.497 e. The van der Waals surface area contributed by atoms with Crippen LogP contribution in [0.4, 0.5) is 5.69 Å². The maximum atomic E-state index is 12.9. The fourth-order valence-corrected chi connectivity index (χ4v) is 11.0. The van der Waals surface area contributed by atoms with Crippen LogP contribution in [0.25, 0.3) is 0 Å². The number of aryl methyl sites for hydroxylation is 1. The van der Waals surface area contributed by atoms with Gasteiger partial charge in [0, 0.05) is 29.9 Å². The first kappa shape index (κ1) is 33.3. The number of benzene rings is 3. The molecule has 46 heavy (non-hydrogen) atoms. The highest BCUT2D eigenvalue weighted by molar-refractivity contribution is 7.80. The van der Waals surface area contributed by atoms with Crippen LogP contribution in [-0.2, 0) is 9.16 Å². The molecule has 0 aliphatic carbocycles. The second-order valence-electron chi connectivity index (χ2n) is 12.6. The quantitative estimate of drug-likeness (QED) is 0.171. The number of anilines is 1. The molecular formula is C35H42N4O5SSi. The van der Waals surface area contributed by atoms with Gasteiger partial charge in [0.1, 0.15) is 12.0 Å². The molecule has 0 spiro atoms. The highest BCUT2D eigenvalue weighted by atomic mass is 32.1. The number of nitrogens with one attached hydrogen (secondary N) is 3. The summed E-state index contributed by atoms with van der Waals surface area (Å²) in [6, 6.07) is 28.5. The average Bonchev–Trinajstić information content (AvgIpc) is 3.45. The van der Waals surface area contributed by atoms with E-state index in [2.05, 4.69) is 84.9 Å². The van der Waals surface area contributed by atoms with Crippen molar-refractivity contribution in [2.75, 3.05) is 25.6 Å². The lowest BCUT2D eigenvalue weighted by atomic mass is 10.0. The van der Waals surface area contributed by atoms with Crippen LogP contribution in [0.5, 0.6) is 5.75 Å². The molecular weight excluding hydrogens is 617 g/mol. The van der Waals surface area contributed by atoms with E-state index in [-0.39, 0.29) is 17.1 Å². The van der Waals surface area contributed by atoms with Gasteiger partial charge in [-0.15, -0.1) is 0 Å². The lowest BCUT2D eigenvalue weighted by Crippen LogP contribution is -2.67. The lowest BCUT2D eigenvalue weighted by molar-refractivity contribution is -0.0290. The van der Waals surface area contributed by atoms with E-state index < -0.39 is 25.8 Å². The van der Waals surface area contributed by atoms with Crippen molar-refractivity contribution in [3.05, 3.63) is 118 Å². The van der Waals surface area contributed by atoms with Gasteiger partial charge in [-0.1, -0.05) is 81.4 Å². The fourth-order valence-electron chi connectivity index (χ4n) is 6.19. The molecule has 9 nitrogen and oxygen atoms in total. The highest BCUT2D eigenvalue weighted by Crippen LogP contribution is 2.39. The summed E-state index contributed by atoms with van der Waals surface area (Å²) in [6.45, 7) is 9.19. The normalized spacial score (nSPS) is 18.2. The summed E-state index contributed by atoms with van der Waals surface area (Å²) in [6.07, 6.45) is 1.16. The summed E-state index contributed by atoms with van der Waals surface area (Å²) in [7, 11) is -1.22. The maximum absolute atomic E-state index is 12.9. The summed E-state index contributed by atoms with van der Waals surface area (Å²) >= 11 is 5.63. The Morgan fingerprint density at radius 2 is 1.61 bits per heavy atom. The van der Waals surface area contributed by atoms with Gasteiger partial charge in [-0.3, -0.25) is 14.3 Å². The number of aromatic nitrogens is 2. The predicted molar refractivity (Wildman–Crippen MR) is 189 cm³/mol. The van der Waals surface area contributed by atoms with Crippen molar-refractivity contribution in [1.29, 1.82) is 0 Å². The molecule has 1 aromatic heterocycles. The first-order chi connectivity index (χ1) is 22.0. The van der Waals surface area contributed by atoms with Crippen LogP contribution in [0.1, 0.15) is 39.0 Å². The Hall–Kier alpha value is -4.03. The zero-order valence-electron chi connectivity index (χ0n) is 26.9. The molecule has 11 heteroatoms. The van der Waals surface area contributed by atoms with Gasteiger partial charge in [0.25, 0.3) is 13.9 Å². The minimum atomic E-state index is -2.84. The van der Waals surface area contributed by atoms with Crippen molar-refractivity contribution in [3.8, 4) is 5.75 Å². The van der Waals surface area contributed by atoms with E-state index in [0.717, 1.165) is 11.4 Å². The summed E-state index contributed by atoms with van der Waals surface area (Å²) < 4.78 is 20.6. The molecule has 1 saturated heterocycles. The van der Waals surface area contributed by atoms with Crippen molar-refractivity contribution < 1.29 is 13.9 Å². The van der Waals surface area contributed by atoms with E-state index in [9.17, 15) is 9.59 Å². The molecule has 3 N–H and O–H groups in total. The molecule has 4 aromatic rings. The first-order valence-electron chi connectivity index (χ1n) is 15.4. The Balaban J connectivity index is 1.42. The van der Waals surface area contributed by atoms with Crippen LogP contribution in [0, 0.1) is 12.8 Å². The van der Waals surface area contributed by atoms with Gasteiger partial charge in [0.2, 0.25) is 0 Å². The highest BCUT2D eigenvalue weighted by Gasteiger charge is 2.51. The second-order valence-corrected chi connectivity index (χ2v) is 17.4. The lowest BCUT2D eigenvalue weighted by Gasteiger charge is -2.43. The number of hydrogen-bond donors (Lipinski definition) is 3. The molecule has 0 bridgehead atoms. The minimum absolute atomic E-state index is 0.0574. The van der Waals surface area contributed by atoms with Gasteiger partial charge in [-0.05, 0) is 65.2 Å². The van der Waals surface area contributed by atoms with Crippen molar-refractivity contribution in [2.24, 2.45) is 5.92 Å². The van der Waals surface area contributed by atoms with Crippen molar-refractivity contribution >= 4 is 41.7 Å². The Morgan fingerprint density at radius 3 is 2.17 bits per heavy atom. The molecule has 0 saturated carbocycles. The molecule has 2 heterocycles. The molecule has 1 aliphatic rings. The zero-order chi connectivity index (χ0) is 32.9. The number of hydrogen-bond acceptors (Lipinski definition) is 6. The molecule has 5 rings (SSSR count). The molecule has 0 amide bonds. The van der Waals surface area contributed by atoms with E-state index in [4.69, 9.17) is 26.1 Å². The van der Waals surface area contributed by atoms with E-state index in [1.807, 2.05) is 36.4 Å². The van der Waals surface area contributed by atoms with Crippen LogP contribution in [0.2, 0.25) is 5.04 Å². The van der Waals surface area contributed by atoms with Gasteiger partial charge < -0.3 is 24.5 Å². The topological polar surface area (TPSA) is 107 Å². The summed E-state index contributed by atoms with van der Waals surface area (Å²) in [5.41, 5.74) is 0.368. The number of H-pyrrole nitrogens is 1. The van der Waals surface area contributed by atoms with E-state index >= 15 is 0 Å². The Bertz CT molecular complexity index is 1700. The first-order valence-corrected chi connectivity index (χ1v) is 17.7. The van der Waals surface area contributed by atoms with Crippen LogP contribution >= 0.6 is 12.2 Å². The third-order valence-corrected chi connectivity index (χ3v) is 13.8. The number of ether oxygens (including phenoxy) is 2. The predicted octanol–water partition coefficient (Wildman–Crippen LogP) is 4.32. The van der Waals surface area contributed by atoms with Gasteiger partial charge in [0.05, 0.1) is 19.8 Å². The maximum Gasteiger partial charge on any atom is 0.330 e. The monoisotopic (exact) mass is 658 g/mol. The summed E-state index contributed by atoms with van der Waals surface area (Å²) in [5.74, 6) is 0.702. The second kappa shape index (κ2) is 14.2. The fraction of sp³-hybridized carbons (Fsp3) is 0.343. The van der Waals surface area contributed by atoms with Crippen molar-refractivity contribution in [1.82, 2.24) is 14.9 Å². The van der Waals surface area contributed by atoms with E-state index in [0.29, 0.717) is 30.2 Å². The van der Waals surface area contributed by atoms with Gasteiger partial charge in [-0.2, -0.15) is 0 Å². The molecule has 3 atom stereocenters. The van der Waals surface area contributed by atoms with E-state index in [1.165, 1.54) is 14.9 Å². The number of rotatable bonds is 10. The van der Waals surface area contributed by atoms with Crippen LogP contribution in [0.15, 0.2) is 101 Å². The third-order valence-electron chi connectivity index (χ3n) is 8.57. The number of nitrogens with zero attached hydrogens (tertiary/aromatic N) is 1. The molecule has 0 radical (unpaired) electrons. The summed E-state index contributed by atoms with van der Waals surface area (Å²) in [5, 5.41) is 9.18. The standard InChI is InChI=1S/C35H42N4O5SSi/c1-24-22-39(34(41)38-32(24)40)31-20-25(21-36-33(45)37-26-16-18-27(42-5)19-17-26)30(44-31)23-43-46(35(2,3)4,28-12-8-6-9-13-28)29-14-10-7-11-15-29/h6-19,22,25,30-31H,20-21,23H2,1-5H3,(H2,36,37,45)(H,38,40,41)/t25-,30-,31-/m1/s1. The average molecular weight is 659 g/mol. The molecule has 1 aliphatic heterocycles. The molecule has 1 fully saturated rings. The van der Waals surface area contributed by atoms with Gasteiger partial charge >= 0.3 is 5.69 Å². The SMILES string of the molecule is COc1ccc(NC(=S)NC[C@H]2C[C@H](n3cc(C)c(=O)[nH]c3=O)O[C@@H]2CO[Si](c2ccccc2)(c2ccccc2)C(C)(C)C)cc1. The Morgan fingerprint density at radius 1 is 1.00 bits per heavy atom. The Kier molecular flexibility index (Phi) is 10.3.